The van der Waals surface area contributed by atoms with Crippen LogP contribution in [0.1, 0.15) is 55.4 Å². The number of morpholine rings is 1. The minimum Gasteiger partial charge on any atom is -0.448 e. The van der Waals surface area contributed by atoms with Crippen molar-refractivity contribution in [2.45, 2.75) is 50.7 Å². The SMILES string of the molecule is COCC1CN(C(=O)c2coc(C3CCC3)n2)CC(C)(C)O1. The zero-order valence-electron chi connectivity index (χ0n) is 13.5. The third-order valence-corrected chi connectivity index (χ3v) is 4.32. The van der Waals surface area contributed by atoms with Gasteiger partial charge in [0.2, 0.25) is 0 Å². The van der Waals surface area contributed by atoms with Gasteiger partial charge in [-0.2, -0.15) is 0 Å². The van der Waals surface area contributed by atoms with Crippen LogP contribution in [0.2, 0.25) is 0 Å². The van der Waals surface area contributed by atoms with Crippen LogP contribution in [0.3, 0.4) is 0 Å². The van der Waals surface area contributed by atoms with E-state index in [-0.39, 0.29) is 12.0 Å². The second kappa shape index (κ2) is 6.01. The molecule has 6 nitrogen and oxygen atoms in total. The summed E-state index contributed by atoms with van der Waals surface area (Å²) in [6, 6.07) is 0. The lowest BCUT2D eigenvalue weighted by molar-refractivity contribution is -0.143. The summed E-state index contributed by atoms with van der Waals surface area (Å²) >= 11 is 0. The number of aromatic nitrogens is 1. The number of rotatable bonds is 4. The van der Waals surface area contributed by atoms with Crippen molar-refractivity contribution in [2.75, 3.05) is 26.8 Å². The predicted molar refractivity (Wildman–Crippen MR) is 79.8 cm³/mol. The Hall–Kier alpha value is -1.40. The number of nitrogens with zero attached hydrogens (tertiary/aromatic N) is 2. The van der Waals surface area contributed by atoms with Gasteiger partial charge in [0.1, 0.15) is 6.26 Å². The Balaban J connectivity index is 1.71. The monoisotopic (exact) mass is 308 g/mol. The highest BCUT2D eigenvalue weighted by molar-refractivity contribution is 5.92. The Bertz CT molecular complexity index is 536. The smallest absolute Gasteiger partial charge is 0.276 e. The maximum atomic E-state index is 12.7. The normalized spacial score (nSPS) is 25.0. The highest BCUT2D eigenvalue weighted by Crippen LogP contribution is 2.35. The molecule has 1 aromatic heterocycles. The maximum absolute atomic E-state index is 12.7. The van der Waals surface area contributed by atoms with Gasteiger partial charge in [0, 0.05) is 26.1 Å². The van der Waals surface area contributed by atoms with E-state index in [4.69, 9.17) is 13.9 Å². The third-order valence-electron chi connectivity index (χ3n) is 4.32. The summed E-state index contributed by atoms with van der Waals surface area (Å²) in [6.45, 7) is 5.49. The Morgan fingerprint density at radius 3 is 2.91 bits per heavy atom. The molecule has 0 spiro atoms. The molecule has 3 rings (SSSR count). The summed E-state index contributed by atoms with van der Waals surface area (Å²) in [4.78, 5) is 18.9. The van der Waals surface area contributed by atoms with Crippen LogP contribution in [0.25, 0.3) is 0 Å². The minimum atomic E-state index is -0.391. The Morgan fingerprint density at radius 1 is 1.50 bits per heavy atom. The average molecular weight is 308 g/mol. The van der Waals surface area contributed by atoms with Crippen LogP contribution in [-0.2, 0) is 9.47 Å². The fraction of sp³-hybridized carbons (Fsp3) is 0.750. The first kappa shape index (κ1) is 15.5. The number of carbonyl (C=O) groups excluding carboxylic acids is 1. The van der Waals surface area contributed by atoms with Gasteiger partial charge in [-0.3, -0.25) is 4.79 Å². The van der Waals surface area contributed by atoms with Gasteiger partial charge in [0.25, 0.3) is 5.91 Å². The van der Waals surface area contributed by atoms with Gasteiger partial charge in [-0.25, -0.2) is 4.98 Å². The van der Waals surface area contributed by atoms with E-state index in [9.17, 15) is 4.79 Å². The van der Waals surface area contributed by atoms with Gasteiger partial charge >= 0.3 is 0 Å². The van der Waals surface area contributed by atoms with Gasteiger partial charge in [-0.1, -0.05) is 6.42 Å². The molecule has 0 radical (unpaired) electrons. The van der Waals surface area contributed by atoms with E-state index < -0.39 is 5.60 Å². The Kier molecular flexibility index (Phi) is 4.23. The molecule has 1 saturated heterocycles. The molecule has 1 saturated carbocycles. The topological polar surface area (TPSA) is 64.8 Å². The molecule has 122 valence electrons. The van der Waals surface area contributed by atoms with Crippen LogP contribution < -0.4 is 0 Å². The average Bonchev–Trinajstić information content (AvgIpc) is 2.83. The van der Waals surface area contributed by atoms with Gasteiger partial charge in [-0.05, 0) is 26.7 Å². The molecule has 1 aliphatic carbocycles. The summed E-state index contributed by atoms with van der Waals surface area (Å²) in [5.74, 6) is 1.01. The number of amides is 1. The van der Waals surface area contributed by atoms with E-state index in [1.807, 2.05) is 13.8 Å². The molecule has 2 heterocycles. The molecule has 0 N–H and O–H groups in total. The summed E-state index contributed by atoms with van der Waals surface area (Å²) in [5, 5.41) is 0. The molecule has 1 atom stereocenters. The highest BCUT2D eigenvalue weighted by Gasteiger charge is 2.37. The van der Waals surface area contributed by atoms with Gasteiger partial charge in [0.05, 0.1) is 18.3 Å². The second-order valence-electron chi connectivity index (χ2n) is 6.84. The van der Waals surface area contributed by atoms with Crippen molar-refractivity contribution >= 4 is 5.91 Å². The summed E-state index contributed by atoms with van der Waals surface area (Å²) < 4.78 is 16.6. The van der Waals surface area contributed by atoms with Crippen molar-refractivity contribution in [1.29, 1.82) is 0 Å². The molecule has 1 aromatic rings. The molecule has 1 aliphatic heterocycles. The van der Waals surface area contributed by atoms with Crippen molar-refractivity contribution in [3.63, 3.8) is 0 Å². The molecule has 0 aromatic carbocycles. The lowest BCUT2D eigenvalue weighted by Crippen LogP contribution is -2.55. The quantitative estimate of drug-likeness (QED) is 0.853. The van der Waals surface area contributed by atoms with E-state index in [0.29, 0.717) is 37.2 Å². The van der Waals surface area contributed by atoms with E-state index >= 15 is 0 Å². The van der Waals surface area contributed by atoms with Crippen LogP contribution in [0.4, 0.5) is 0 Å². The first-order valence-electron chi connectivity index (χ1n) is 7.90. The van der Waals surface area contributed by atoms with E-state index in [1.54, 1.807) is 12.0 Å². The molecule has 1 amide bonds. The lowest BCUT2D eigenvalue weighted by atomic mass is 9.85. The van der Waals surface area contributed by atoms with Crippen molar-refractivity contribution in [2.24, 2.45) is 0 Å². The predicted octanol–water partition coefficient (Wildman–Crippen LogP) is 2.21. The molecule has 22 heavy (non-hydrogen) atoms. The van der Waals surface area contributed by atoms with E-state index in [2.05, 4.69) is 4.98 Å². The molecule has 0 bridgehead atoms. The van der Waals surface area contributed by atoms with Gasteiger partial charge in [0.15, 0.2) is 11.6 Å². The van der Waals surface area contributed by atoms with Crippen molar-refractivity contribution in [1.82, 2.24) is 9.88 Å². The lowest BCUT2D eigenvalue weighted by Gasteiger charge is -2.42. The third kappa shape index (κ3) is 3.17. The van der Waals surface area contributed by atoms with Crippen LogP contribution in [0.15, 0.2) is 10.7 Å². The second-order valence-corrected chi connectivity index (χ2v) is 6.84. The van der Waals surface area contributed by atoms with E-state index in [0.717, 1.165) is 12.8 Å². The Labute approximate surface area is 130 Å². The van der Waals surface area contributed by atoms with Crippen molar-refractivity contribution < 1.29 is 18.7 Å². The van der Waals surface area contributed by atoms with Crippen molar-refractivity contribution in [3.05, 3.63) is 17.8 Å². The van der Waals surface area contributed by atoms with Crippen LogP contribution in [0, 0.1) is 0 Å². The summed E-state index contributed by atoms with van der Waals surface area (Å²) in [5.41, 5.74) is 0.00763. The number of hydrogen-bond acceptors (Lipinski definition) is 5. The largest absolute Gasteiger partial charge is 0.448 e. The van der Waals surface area contributed by atoms with Crippen LogP contribution >= 0.6 is 0 Å². The zero-order valence-corrected chi connectivity index (χ0v) is 13.5. The van der Waals surface area contributed by atoms with Gasteiger partial charge < -0.3 is 18.8 Å². The van der Waals surface area contributed by atoms with E-state index in [1.165, 1.54) is 12.7 Å². The summed E-state index contributed by atoms with van der Waals surface area (Å²) in [7, 11) is 1.64. The fourth-order valence-corrected chi connectivity index (χ4v) is 3.11. The van der Waals surface area contributed by atoms with Crippen LogP contribution in [0.5, 0.6) is 0 Å². The number of ether oxygens (including phenoxy) is 2. The number of oxazole rings is 1. The molecule has 2 aliphatic rings. The van der Waals surface area contributed by atoms with Crippen LogP contribution in [-0.4, -0.2) is 54.3 Å². The first-order chi connectivity index (χ1) is 10.5. The summed E-state index contributed by atoms with van der Waals surface area (Å²) in [6.07, 6.45) is 4.80. The number of carbonyl (C=O) groups is 1. The standard InChI is InChI=1S/C16H24N2O4/c1-16(2)10-18(7-12(22-16)8-20-3)15(19)13-9-21-14(17-13)11-5-4-6-11/h9,11-12H,4-8,10H2,1-3H3. The van der Waals surface area contributed by atoms with Gasteiger partial charge in [-0.15, -0.1) is 0 Å². The molecular weight excluding hydrogens is 284 g/mol. The molecule has 1 unspecified atom stereocenters. The maximum Gasteiger partial charge on any atom is 0.276 e. The number of methoxy groups -OCH3 is 1. The van der Waals surface area contributed by atoms with Crippen molar-refractivity contribution in [3.8, 4) is 0 Å². The molecule has 6 heteroatoms. The highest BCUT2D eigenvalue weighted by atomic mass is 16.5. The first-order valence-corrected chi connectivity index (χ1v) is 7.90. The molecule has 2 fully saturated rings. The number of hydrogen-bond donors (Lipinski definition) is 0. The zero-order chi connectivity index (χ0) is 15.7. The fourth-order valence-electron chi connectivity index (χ4n) is 3.11. The Morgan fingerprint density at radius 2 is 2.27 bits per heavy atom. The molecular formula is C16H24N2O4. The minimum absolute atomic E-state index is 0.0909.